The molecule has 3 amide bonds. The zero-order valence-electron chi connectivity index (χ0n) is 17.2. The Morgan fingerprint density at radius 1 is 1.21 bits per heavy atom. The van der Waals surface area contributed by atoms with Crippen molar-refractivity contribution < 1.29 is 22.6 Å². The molecule has 1 unspecified atom stereocenters. The quantitative estimate of drug-likeness (QED) is 0.668. The van der Waals surface area contributed by atoms with Crippen molar-refractivity contribution in [2.75, 3.05) is 13.1 Å². The molecule has 2 saturated carbocycles. The van der Waals surface area contributed by atoms with Crippen LogP contribution in [0.2, 0.25) is 0 Å². The zero-order valence-corrected chi connectivity index (χ0v) is 18.0. The number of rotatable bonds is 6. The number of imide groups is 1. The third kappa shape index (κ3) is 3.97. The SMILES string of the molecule is CCN1C(=O)C2=CC(S(=O)(=O)NC3(C)CC3)C=CC2=[N+](CC2CCCCC2)C1=O. The van der Waals surface area contributed by atoms with E-state index in [0.29, 0.717) is 23.7 Å². The molecule has 3 aliphatic carbocycles. The second-order valence-electron chi connectivity index (χ2n) is 8.94. The largest absolute Gasteiger partial charge is 0.501 e. The van der Waals surface area contributed by atoms with Crippen LogP contribution in [0.25, 0.3) is 0 Å². The zero-order chi connectivity index (χ0) is 20.8. The predicted molar refractivity (Wildman–Crippen MR) is 110 cm³/mol. The van der Waals surface area contributed by atoms with Crippen LogP contribution in [-0.2, 0) is 14.8 Å². The van der Waals surface area contributed by atoms with Gasteiger partial charge in [-0.25, -0.2) is 17.9 Å². The van der Waals surface area contributed by atoms with E-state index in [1.165, 1.54) is 30.2 Å². The average molecular weight is 421 g/mol. The summed E-state index contributed by atoms with van der Waals surface area (Å²) in [4.78, 5) is 27.2. The molecular formula is C21H30N3O4S+. The monoisotopic (exact) mass is 420 g/mol. The van der Waals surface area contributed by atoms with Gasteiger partial charge < -0.3 is 0 Å². The Morgan fingerprint density at radius 3 is 2.52 bits per heavy atom. The number of carbonyl (C=O) groups excluding carboxylic acids is 2. The number of carbonyl (C=O) groups is 2. The predicted octanol–water partition coefficient (Wildman–Crippen LogP) is 2.34. The highest BCUT2D eigenvalue weighted by atomic mass is 32.2. The maximum atomic E-state index is 13.0. The highest BCUT2D eigenvalue weighted by molar-refractivity contribution is 7.90. The van der Waals surface area contributed by atoms with Crippen LogP contribution in [0.3, 0.4) is 0 Å². The minimum atomic E-state index is -3.64. The molecule has 4 aliphatic rings. The molecule has 0 bridgehead atoms. The molecule has 0 radical (unpaired) electrons. The molecule has 8 heteroatoms. The number of nitrogens with one attached hydrogen (secondary N) is 1. The molecule has 4 rings (SSSR count). The van der Waals surface area contributed by atoms with E-state index in [-0.39, 0.29) is 18.1 Å². The Morgan fingerprint density at radius 2 is 1.90 bits per heavy atom. The smallest absolute Gasteiger partial charge is 0.240 e. The van der Waals surface area contributed by atoms with E-state index in [0.717, 1.165) is 25.7 Å². The normalized spacial score (nSPS) is 27.2. The molecule has 0 aromatic heterocycles. The fraction of sp³-hybridized carbons (Fsp3) is 0.667. The molecular weight excluding hydrogens is 390 g/mol. The fourth-order valence-electron chi connectivity index (χ4n) is 4.46. The number of fused-ring (bicyclic) bond motifs is 1. The highest BCUT2D eigenvalue weighted by Crippen LogP contribution is 2.36. The summed E-state index contributed by atoms with van der Waals surface area (Å²) >= 11 is 0. The molecule has 158 valence electrons. The van der Waals surface area contributed by atoms with Gasteiger partial charge in [0, 0.05) is 5.54 Å². The number of likely N-dealkylation sites (N-methyl/N-ethyl adjacent to an activating group) is 1. The average Bonchev–Trinajstić information content (AvgIpc) is 3.41. The van der Waals surface area contributed by atoms with Gasteiger partial charge in [-0.2, -0.15) is 14.3 Å². The number of allylic oxidation sites excluding steroid dienone is 1. The van der Waals surface area contributed by atoms with Gasteiger partial charge in [-0.1, -0.05) is 25.3 Å². The Bertz CT molecular complexity index is 922. The van der Waals surface area contributed by atoms with Crippen molar-refractivity contribution in [3.63, 3.8) is 0 Å². The van der Waals surface area contributed by atoms with Crippen LogP contribution in [0.5, 0.6) is 0 Å². The lowest BCUT2D eigenvalue weighted by atomic mass is 9.88. The fourth-order valence-corrected chi connectivity index (χ4v) is 6.08. The second-order valence-corrected chi connectivity index (χ2v) is 10.8. The van der Waals surface area contributed by atoms with Crippen LogP contribution in [0, 0.1) is 5.92 Å². The lowest BCUT2D eigenvalue weighted by Gasteiger charge is -2.28. The van der Waals surface area contributed by atoms with E-state index in [2.05, 4.69) is 4.72 Å². The topological polar surface area (TPSA) is 86.6 Å². The number of amides is 3. The number of nitrogens with zero attached hydrogens (tertiary/aromatic N) is 2. The van der Waals surface area contributed by atoms with Crippen LogP contribution in [0.15, 0.2) is 23.8 Å². The van der Waals surface area contributed by atoms with Crippen LogP contribution in [0.1, 0.15) is 58.8 Å². The molecule has 2 fully saturated rings. The van der Waals surface area contributed by atoms with E-state index < -0.39 is 21.2 Å². The van der Waals surface area contributed by atoms with E-state index in [1.807, 2.05) is 6.92 Å². The van der Waals surface area contributed by atoms with Crippen molar-refractivity contribution in [2.45, 2.75) is 69.6 Å². The van der Waals surface area contributed by atoms with Crippen molar-refractivity contribution >= 4 is 27.7 Å². The number of hydrogen-bond donors (Lipinski definition) is 1. The standard InChI is InChI=1S/C21H30N3O4S/c1-3-23-19(25)17-13-16(29(27,28)22-21(2)11-12-21)9-10-18(17)24(20(23)26)14-15-7-5-4-6-8-15/h9-10,13,15-16,22H,3-8,11-12,14H2,1-2H3/q+1. The van der Waals surface area contributed by atoms with Gasteiger partial charge in [-0.15, -0.1) is 0 Å². The second kappa shape index (κ2) is 7.47. The van der Waals surface area contributed by atoms with Crippen LogP contribution >= 0.6 is 0 Å². The molecule has 0 saturated heterocycles. The molecule has 1 aliphatic heterocycles. The summed E-state index contributed by atoms with van der Waals surface area (Å²) < 4.78 is 30.1. The first-order valence-corrected chi connectivity index (χ1v) is 12.2. The first kappa shape index (κ1) is 20.5. The molecule has 29 heavy (non-hydrogen) atoms. The first-order valence-electron chi connectivity index (χ1n) is 10.7. The Kier molecular flexibility index (Phi) is 5.27. The summed E-state index contributed by atoms with van der Waals surface area (Å²) in [6, 6.07) is -0.301. The van der Waals surface area contributed by atoms with Crippen LogP contribution < -0.4 is 4.72 Å². The summed E-state index contributed by atoms with van der Waals surface area (Å²) in [5, 5.41) is -0.911. The van der Waals surface area contributed by atoms with Gasteiger partial charge in [0.2, 0.25) is 10.0 Å². The maximum absolute atomic E-state index is 13.0. The van der Waals surface area contributed by atoms with Gasteiger partial charge in [0.15, 0.2) is 0 Å². The molecule has 0 aromatic rings. The first-order chi connectivity index (χ1) is 13.7. The molecule has 1 atom stereocenters. The summed E-state index contributed by atoms with van der Waals surface area (Å²) in [7, 11) is -3.64. The lowest BCUT2D eigenvalue weighted by molar-refractivity contribution is -0.446. The van der Waals surface area contributed by atoms with Crippen molar-refractivity contribution in [1.82, 2.24) is 9.62 Å². The minimum Gasteiger partial charge on any atom is -0.240 e. The molecule has 0 aromatic carbocycles. The number of hydrogen-bond acceptors (Lipinski definition) is 4. The van der Waals surface area contributed by atoms with Crippen molar-refractivity contribution in [1.29, 1.82) is 0 Å². The third-order valence-electron chi connectivity index (χ3n) is 6.51. The number of urea groups is 1. The molecule has 0 spiro atoms. The molecule has 1 heterocycles. The minimum absolute atomic E-state index is 0.265. The highest BCUT2D eigenvalue weighted by Gasteiger charge is 2.47. The number of sulfonamides is 1. The van der Waals surface area contributed by atoms with Gasteiger partial charge >= 0.3 is 11.9 Å². The van der Waals surface area contributed by atoms with Crippen molar-refractivity contribution in [3.8, 4) is 0 Å². The molecule has 7 nitrogen and oxygen atoms in total. The van der Waals surface area contributed by atoms with Crippen molar-refractivity contribution in [2.24, 2.45) is 5.92 Å². The van der Waals surface area contributed by atoms with Crippen LogP contribution in [-0.4, -0.2) is 59.4 Å². The van der Waals surface area contributed by atoms with E-state index in [4.69, 9.17) is 0 Å². The van der Waals surface area contributed by atoms with Gasteiger partial charge in [0.05, 0.1) is 13.1 Å². The van der Waals surface area contributed by atoms with E-state index in [1.54, 1.807) is 23.7 Å². The Labute approximate surface area is 172 Å². The summed E-state index contributed by atoms with van der Waals surface area (Å²) in [6.07, 6.45) is 12.1. The Balaban J connectivity index is 1.68. The van der Waals surface area contributed by atoms with E-state index >= 15 is 0 Å². The van der Waals surface area contributed by atoms with Gasteiger partial charge in [0.25, 0.3) is 0 Å². The van der Waals surface area contributed by atoms with E-state index in [9.17, 15) is 18.0 Å². The van der Waals surface area contributed by atoms with Crippen molar-refractivity contribution in [3.05, 3.63) is 23.8 Å². The third-order valence-corrected chi connectivity index (χ3v) is 8.29. The summed E-state index contributed by atoms with van der Waals surface area (Å²) in [5.41, 5.74) is 0.491. The lowest BCUT2D eigenvalue weighted by Crippen LogP contribution is -2.53. The maximum Gasteiger partial charge on any atom is 0.501 e. The summed E-state index contributed by atoms with van der Waals surface area (Å²) in [5.74, 6) is 0.00859. The van der Waals surface area contributed by atoms with Gasteiger partial charge in [0.1, 0.15) is 16.5 Å². The van der Waals surface area contributed by atoms with Crippen LogP contribution in [0.4, 0.5) is 4.79 Å². The Hall–Kier alpha value is -1.80. The van der Waals surface area contributed by atoms with Gasteiger partial charge in [-0.3, -0.25) is 0 Å². The van der Waals surface area contributed by atoms with Gasteiger partial charge in [-0.05, 0) is 57.6 Å². The molecule has 1 N–H and O–H groups in total. The summed E-state index contributed by atoms with van der Waals surface area (Å²) in [6.45, 7) is 4.49.